The van der Waals surface area contributed by atoms with E-state index in [2.05, 4.69) is 114 Å². The van der Waals surface area contributed by atoms with Gasteiger partial charge in [0, 0.05) is 11.1 Å². The number of rotatable bonds is 6. The molecule has 0 atom stereocenters. The fourth-order valence-corrected chi connectivity index (χ4v) is 6.27. The Labute approximate surface area is 215 Å². The summed E-state index contributed by atoms with van der Waals surface area (Å²) in [6, 6.07) is 27.0. The minimum atomic E-state index is -6.09. The van der Waals surface area contributed by atoms with Gasteiger partial charge in [0.2, 0.25) is 0 Å². The van der Waals surface area contributed by atoms with E-state index in [1.165, 1.54) is 31.4 Å². The van der Waals surface area contributed by atoms with E-state index in [-0.39, 0.29) is 10.9 Å². The molecular formula is C28H33F3O3S2. The lowest BCUT2D eigenvalue weighted by Gasteiger charge is -2.22. The zero-order chi connectivity index (χ0) is 27.3. The van der Waals surface area contributed by atoms with Gasteiger partial charge in [0.05, 0.1) is 10.9 Å². The van der Waals surface area contributed by atoms with Gasteiger partial charge in [-0.2, -0.15) is 13.2 Å². The lowest BCUT2D eigenvalue weighted by Crippen LogP contribution is -2.21. The van der Waals surface area contributed by atoms with Crippen LogP contribution in [0.5, 0.6) is 0 Å². The van der Waals surface area contributed by atoms with E-state index >= 15 is 0 Å². The van der Waals surface area contributed by atoms with Crippen LogP contribution in [0.1, 0.15) is 76.0 Å². The molecule has 0 aromatic heterocycles. The molecule has 0 saturated carbocycles. The minimum absolute atomic E-state index is 0.100. The third-order valence-electron chi connectivity index (χ3n) is 5.52. The summed E-state index contributed by atoms with van der Waals surface area (Å²) in [5.41, 5.74) is -1.18. The number of hydrogen-bond acceptors (Lipinski definition) is 3. The molecule has 8 heteroatoms. The Kier molecular flexibility index (Phi) is 10.2. The summed E-state index contributed by atoms with van der Waals surface area (Å²) >= 11 is 0. The molecule has 0 spiro atoms. The molecule has 0 radical (unpaired) electrons. The van der Waals surface area contributed by atoms with Gasteiger partial charge in [0.1, 0.15) is 0 Å². The van der Waals surface area contributed by atoms with Crippen molar-refractivity contribution in [1.29, 1.82) is 0 Å². The molecule has 0 bridgehead atoms. The highest BCUT2D eigenvalue weighted by Crippen LogP contribution is 2.42. The molecule has 3 rings (SSSR count). The number of benzene rings is 3. The van der Waals surface area contributed by atoms with Crippen LogP contribution >= 0.6 is 0 Å². The average Bonchev–Trinajstić information content (AvgIpc) is 2.79. The van der Waals surface area contributed by atoms with E-state index < -0.39 is 15.6 Å². The molecule has 0 saturated heterocycles. The summed E-state index contributed by atoms with van der Waals surface area (Å²) < 4.78 is 58.9. The number of alkyl halides is 3. The van der Waals surface area contributed by atoms with E-state index in [1.807, 2.05) is 0 Å². The third kappa shape index (κ3) is 7.60. The van der Waals surface area contributed by atoms with Gasteiger partial charge in [-0.1, -0.05) is 90.1 Å². The highest BCUT2D eigenvalue weighted by Gasteiger charge is 2.37. The van der Waals surface area contributed by atoms with E-state index in [1.54, 1.807) is 0 Å². The van der Waals surface area contributed by atoms with Gasteiger partial charge in [0.25, 0.3) is 0 Å². The van der Waals surface area contributed by atoms with Crippen LogP contribution in [0.4, 0.5) is 13.2 Å². The van der Waals surface area contributed by atoms with E-state index in [0.717, 1.165) is 0 Å². The van der Waals surface area contributed by atoms with Crippen molar-refractivity contribution in [3.63, 3.8) is 0 Å². The van der Waals surface area contributed by atoms with Crippen molar-refractivity contribution in [3.05, 3.63) is 89.5 Å². The van der Waals surface area contributed by atoms with E-state index in [9.17, 15) is 13.2 Å². The van der Waals surface area contributed by atoms with Crippen LogP contribution in [0, 0.1) is 0 Å². The van der Waals surface area contributed by atoms with Crippen LogP contribution in [-0.4, -0.2) is 18.5 Å². The fourth-order valence-electron chi connectivity index (χ4n) is 3.61. The standard InChI is InChI=1S/C27H33S.CHF3O3S/c1-19(2)22-17-25(20(3)4)27(26(18-22)21(5)6)28(23-13-9-7-10-14-23)24-15-11-8-12-16-24;2-1(3,4)8(5,6)7/h7-21H,1-6H3;(H,5,6,7)/q+1;/p-1. The Morgan fingerprint density at radius 3 is 1.28 bits per heavy atom. The zero-order valence-electron chi connectivity index (χ0n) is 21.3. The summed E-state index contributed by atoms with van der Waals surface area (Å²) in [4.78, 5) is 4.33. The Morgan fingerprint density at radius 1 is 0.694 bits per heavy atom. The van der Waals surface area contributed by atoms with Crippen molar-refractivity contribution in [2.75, 3.05) is 0 Å². The van der Waals surface area contributed by atoms with Gasteiger partial charge in [-0.05, 0) is 47.6 Å². The second-order valence-corrected chi connectivity index (χ2v) is 12.7. The topological polar surface area (TPSA) is 57.2 Å². The van der Waals surface area contributed by atoms with Gasteiger partial charge in [-0.3, -0.25) is 0 Å². The lowest BCUT2D eigenvalue weighted by molar-refractivity contribution is -0.0517. The number of hydrogen-bond donors (Lipinski definition) is 0. The van der Waals surface area contributed by atoms with Crippen molar-refractivity contribution in [1.82, 2.24) is 0 Å². The summed E-state index contributed by atoms with van der Waals surface area (Å²) in [6.07, 6.45) is 0. The van der Waals surface area contributed by atoms with Crippen LogP contribution in [0.3, 0.4) is 0 Å². The van der Waals surface area contributed by atoms with Crippen LogP contribution in [0.25, 0.3) is 0 Å². The van der Waals surface area contributed by atoms with E-state index in [0.29, 0.717) is 17.8 Å². The highest BCUT2D eigenvalue weighted by atomic mass is 32.2. The monoisotopic (exact) mass is 538 g/mol. The molecular weight excluding hydrogens is 505 g/mol. The molecule has 0 N–H and O–H groups in total. The normalized spacial score (nSPS) is 12.3. The minimum Gasteiger partial charge on any atom is -0.741 e. The summed E-state index contributed by atoms with van der Waals surface area (Å²) in [7, 11) is -6.19. The summed E-state index contributed by atoms with van der Waals surface area (Å²) in [5.74, 6) is 1.53. The maximum atomic E-state index is 10.7. The van der Waals surface area contributed by atoms with Gasteiger partial charge in [-0.25, -0.2) is 8.42 Å². The molecule has 0 aliphatic rings. The molecule has 36 heavy (non-hydrogen) atoms. The maximum absolute atomic E-state index is 10.7. The summed E-state index contributed by atoms with van der Waals surface area (Å²) in [6.45, 7) is 14.0. The second kappa shape index (κ2) is 12.3. The smallest absolute Gasteiger partial charge is 0.485 e. The highest BCUT2D eigenvalue weighted by molar-refractivity contribution is 7.97. The fraction of sp³-hybridized carbons (Fsp3) is 0.357. The van der Waals surface area contributed by atoms with Crippen molar-refractivity contribution in [3.8, 4) is 0 Å². The molecule has 3 aromatic rings. The van der Waals surface area contributed by atoms with Gasteiger partial charge in [0.15, 0.2) is 24.8 Å². The van der Waals surface area contributed by atoms with Crippen LogP contribution < -0.4 is 0 Å². The average molecular weight is 539 g/mol. The second-order valence-electron chi connectivity index (χ2n) is 9.32. The first kappa shape index (κ1) is 29.9. The predicted octanol–water partition coefficient (Wildman–Crippen LogP) is 8.20. The van der Waals surface area contributed by atoms with Crippen LogP contribution in [0.2, 0.25) is 0 Å². The first-order valence-corrected chi connectivity index (χ1v) is 14.3. The molecule has 0 aliphatic heterocycles. The molecule has 3 aromatic carbocycles. The van der Waals surface area contributed by atoms with Gasteiger partial charge < -0.3 is 4.55 Å². The Bertz CT molecular complexity index is 1150. The van der Waals surface area contributed by atoms with Crippen molar-refractivity contribution in [2.45, 2.75) is 79.5 Å². The zero-order valence-corrected chi connectivity index (χ0v) is 23.0. The van der Waals surface area contributed by atoms with Gasteiger partial charge >= 0.3 is 5.51 Å². The molecule has 0 fully saturated rings. The molecule has 0 amide bonds. The molecule has 3 nitrogen and oxygen atoms in total. The quantitative estimate of drug-likeness (QED) is 0.181. The van der Waals surface area contributed by atoms with Crippen molar-refractivity contribution < 1.29 is 26.1 Å². The summed E-state index contributed by atoms with van der Waals surface area (Å²) in [5, 5.41) is 0. The van der Waals surface area contributed by atoms with Crippen molar-refractivity contribution >= 4 is 21.0 Å². The number of halogens is 3. The Balaban J connectivity index is 0.000000493. The van der Waals surface area contributed by atoms with Crippen LogP contribution in [-0.2, 0) is 21.0 Å². The molecule has 0 heterocycles. The first-order valence-electron chi connectivity index (χ1n) is 11.7. The first-order chi connectivity index (χ1) is 16.6. The predicted molar refractivity (Wildman–Crippen MR) is 140 cm³/mol. The molecule has 0 unspecified atom stereocenters. The Hall–Kier alpha value is -2.29. The maximum Gasteiger partial charge on any atom is 0.485 e. The molecule has 0 aliphatic carbocycles. The lowest BCUT2D eigenvalue weighted by atomic mass is 9.89. The van der Waals surface area contributed by atoms with Crippen LogP contribution in [0.15, 0.2) is 87.5 Å². The van der Waals surface area contributed by atoms with Crippen molar-refractivity contribution in [2.24, 2.45) is 0 Å². The SMILES string of the molecule is CC(C)c1cc(C(C)C)c([S+](c2ccccc2)c2ccccc2)c(C(C)C)c1.O=S(=O)([O-])C(F)(F)F. The molecule has 196 valence electrons. The van der Waals surface area contributed by atoms with E-state index in [4.69, 9.17) is 13.0 Å². The largest absolute Gasteiger partial charge is 0.741 e. The van der Waals surface area contributed by atoms with Gasteiger partial charge in [-0.15, -0.1) is 0 Å². The third-order valence-corrected chi connectivity index (χ3v) is 8.46. The Morgan fingerprint density at radius 2 is 1.03 bits per heavy atom.